The average molecular weight is 298 g/mol. The van der Waals surface area contributed by atoms with Gasteiger partial charge in [-0.1, -0.05) is 6.07 Å². The van der Waals surface area contributed by atoms with Crippen LogP contribution in [0.25, 0.3) is 0 Å². The van der Waals surface area contributed by atoms with E-state index in [1.807, 2.05) is 6.07 Å². The number of benzene rings is 1. The zero-order valence-corrected chi connectivity index (χ0v) is 13.3. The van der Waals surface area contributed by atoms with Gasteiger partial charge in [-0.2, -0.15) is 0 Å². The molecule has 0 aromatic heterocycles. The molecule has 3 aliphatic rings. The summed E-state index contributed by atoms with van der Waals surface area (Å²) in [6.07, 6.45) is 8.87. The minimum atomic E-state index is 0.109. The summed E-state index contributed by atoms with van der Waals surface area (Å²) in [5, 5.41) is 3.16. The second-order valence-electron chi connectivity index (χ2n) is 7.28. The molecule has 1 saturated heterocycles. The molecular formula is C19H26N2O. The van der Waals surface area contributed by atoms with E-state index in [2.05, 4.69) is 22.3 Å². The van der Waals surface area contributed by atoms with Crippen molar-refractivity contribution in [1.82, 2.24) is 10.2 Å². The number of aryl methyl sites for hydroxylation is 2. The Morgan fingerprint density at radius 3 is 2.77 bits per heavy atom. The van der Waals surface area contributed by atoms with Gasteiger partial charge in [0.2, 0.25) is 0 Å². The lowest BCUT2D eigenvalue weighted by atomic mass is 9.90. The molecule has 118 valence electrons. The smallest absolute Gasteiger partial charge is 0.251 e. The molecule has 3 heteroatoms. The van der Waals surface area contributed by atoms with Gasteiger partial charge < -0.3 is 10.2 Å². The van der Waals surface area contributed by atoms with Crippen LogP contribution >= 0.6 is 0 Å². The monoisotopic (exact) mass is 298 g/mol. The lowest BCUT2D eigenvalue weighted by molar-refractivity contribution is 0.0947. The van der Waals surface area contributed by atoms with Crippen molar-refractivity contribution in [3.8, 4) is 0 Å². The Hall–Kier alpha value is -1.35. The highest BCUT2D eigenvalue weighted by Gasteiger charge is 2.34. The van der Waals surface area contributed by atoms with Gasteiger partial charge in [-0.25, -0.2) is 0 Å². The molecule has 1 atom stereocenters. The third-order valence-electron chi connectivity index (χ3n) is 5.54. The normalized spacial score (nSPS) is 25.0. The number of hydrogen-bond acceptors (Lipinski definition) is 2. The van der Waals surface area contributed by atoms with Gasteiger partial charge in [0, 0.05) is 24.7 Å². The van der Waals surface area contributed by atoms with Crippen LogP contribution < -0.4 is 5.32 Å². The summed E-state index contributed by atoms with van der Waals surface area (Å²) in [6.45, 7) is 3.23. The van der Waals surface area contributed by atoms with Crippen molar-refractivity contribution in [1.29, 1.82) is 0 Å². The Morgan fingerprint density at radius 1 is 1.14 bits per heavy atom. The Morgan fingerprint density at radius 2 is 1.95 bits per heavy atom. The Labute approximate surface area is 133 Å². The van der Waals surface area contributed by atoms with Crippen LogP contribution in [0.3, 0.4) is 0 Å². The van der Waals surface area contributed by atoms with Gasteiger partial charge in [0.1, 0.15) is 0 Å². The maximum Gasteiger partial charge on any atom is 0.251 e. The first-order chi connectivity index (χ1) is 10.8. The zero-order chi connectivity index (χ0) is 14.9. The third-order valence-corrected chi connectivity index (χ3v) is 5.54. The van der Waals surface area contributed by atoms with Gasteiger partial charge in [-0.15, -0.1) is 0 Å². The van der Waals surface area contributed by atoms with Crippen LogP contribution in [0.2, 0.25) is 0 Å². The van der Waals surface area contributed by atoms with E-state index in [1.165, 1.54) is 62.7 Å². The van der Waals surface area contributed by atoms with Gasteiger partial charge in [-0.05, 0) is 80.7 Å². The molecule has 2 fully saturated rings. The van der Waals surface area contributed by atoms with Crippen molar-refractivity contribution < 1.29 is 4.79 Å². The van der Waals surface area contributed by atoms with E-state index in [0.29, 0.717) is 5.92 Å². The van der Waals surface area contributed by atoms with Crippen LogP contribution in [-0.2, 0) is 12.8 Å². The second-order valence-corrected chi connectivity index (χ2v) is 7.28. The topological polar surface area (TPSA) is 32.3 Å². The highest BCUT2D eigenvalue weighted by molar-refractivity contribution is 5.94. The van der Waals surface area contributed by atoms with Gasteiger partial charge in [0.15, 0.2) is 0 Å². The minimum absolute atomic E-state index is 0.109. The van der Waals surface area contributed by atoms with E-state index in [-0.39, 0.29) is 5.91 Å². The van der Waals surface area contributed by atoms with Gasteiger partial charge in [0.05, 0.1) is 0 Å². The lowest BCUT2D eigenvalue weighted by Crippen LogP contribution is -2.31. The number of likely N-dealkylation sites (tertiary alicyclic amines) is 1. The van der Waals surface area contributed by atoms with Crippen LogP contribution in [0.5, 0.6) is 0 Å². The van der Waals surface area contributed by atoms with Crippen LogP contribution in [0.4, 0.5) is 0 Å². The number of carbonyl (C=O) groups is 1. The Bertz CT molecular complexity index is 565. The molecule has 1 amide bonds. The number of nitrogens with one attached hydrogen (secondary N) is 1. The molecular weight excluding hydrogens is 272 g/mol. The molecule has 1 aromatic rings. The number of hydrogen-bond donors (Lipinski definition) is 1. The highest BCUT2D eigenvalue weighted by Crippen LogP contribution is 2.31. The molecule has 22 heavy (non-hydrogen) atoms. The summed E-state index contributed by atoms with van der Waals surface area (Å²) in [6, 6.07) is 7.15. The van der Waals surface area contributed by atoms with Crippen molar-refractivity contribution >= 4 is 5.91 Å². The molecule has 3 nitrogen and oxygen atoms in total. The predicted octanol–water partition coefficient (Wildman–Crippen LogP) is 2.78. The Kier molecular flexibility index (Phi) is 3.91. The molecule has 1 aromatic carbocycles. The van der Waals surface area contributed by atoms with Gasteiger partial charge >= 0.3 is 0 Å². The molecule has 1 N–H and O–H groups in total. The van der Waals surface area contributed by atoms with Gasteiger partial charge in [0.25, 0.3) is 5.91 Å². The molecule has 0 bridgehead atoms. The van der Waals surface area contributed by atoms with E-state index in [1.54, 1.807) is 0 Å². The minimum Gasteiger partial charge on any atom is -0.352 e. The van der Waals surface area contributed by atoms with Crippen LogP contribution in [0.1, 0.15) is 53.6 Å². The van der Waals surface area contributed by atoms with Crippen LogP contribution in [-0.4, -0.2) is 36.5 Å². The highest BCUT2D eigenvalue weighted by atomic mass is 16.1. The molecule has 1 aliphatic heterocycles. The third kappa shape index (κ3) is 3.05. The first kappa shape index (κ1) is 14.3. The standard InChI is InChI=1S/C19H26N2O/c22-19(17-6-5-15-3-1-2-4-16(15)11-17)20-12-14-9-10-21(13-14)18-7-8-18/h5-6,11,14,18H,1-4,7-10,12-13H2,(H,20,22)/t14-/m1/s1. The van der Waals surface area contributed by atoms with Crippen LogP contribution in [0.15, 0.2) is 18.2 Å². The fourth-order valence-electron chi connectivity index (χ4n) is 4.01. The molecule has 0 spiro atoms. The summed E-state index contributed by atoms with van der Waals surface area (Å²) >= 11 is 0. The first-order valence-corrected chi connectivity index (χ1v) is 8.93. The summed E-state index contributed by atoms with van der Waals surface area (Å²) in [5.74, 6) is 0.750. The SMILES string of the molecule is O=C(NC[C@H]1CCN(C2CC2)C1)c1ccc2c(c1)CCCC2. The van der Waals surface area contributed by atoms with E-state index < -0.39 is 0 Å². The number of amides is 1. The molecule has 0 unspecified atom stereocenters. The van der Waals surface area contributed by atoms with Crippen molar-refractivity contribution in [2.45, 2.75) is 51.0 Å². The fourth-order valence-corrected chi connectivity index (χ4v) is 4.01. The summed E-state index contributed by atoms with van der Waals surface area (Å²) in [5.41, 5.74) is 3.68. The molecule has 4 rings (SSSR count). The summed E-state index contributed by atoms with van der Waals surface area (Å²) in [4.78, 5) is 15.0. The molecule has 1 saturated carbocycles. The van der Waals surface area contributed by atoms with Crippen molar-refractivity contribution in [3.05, 3.63) is 34.9 Å². The maximum atomic E-state index is 12.4. The average Bonchev–Trinajstić information content (AvgIpc) is 3.31. The molecule has 1 heterocycles. The predicted molar refractivity (Wildman–Crippen MR) is 88.1 cm³/mol. The van der Waals surface area contributed by atoms with E-state index in [9.17, 15) is 4.79 Å². The van der Waals surface area contributed by atoms with E-state index >= 15 is 0 Å². The molecule has 0 radical (unpaired) electrons. The van der Waals surface area contributed by atoms with Crippen molar-refractivity contribution in [3.63, 3.8) is 0 Å². The largest absolute Gasteiger partial charge is 0.352 e. The number of carbonyl (C=O) groups excluding carboxylic acids is 1. The van der Waals surface area contributed by atoms with E-state index in [4.69, 9.17) is 0 Å². The van der Waals surface area contributed by atoms with Gasteiger partial charge in [-0.3, -0.25) is 4.79 Å². The molecule has 2 aliphatic carbocycles. The zero-order valence-electron chi connectivity index (χ0n) is 13.3. The van der Waals surface area contributed by atoms with Crippen LogP contribution in [0, 0.1) is 5.92 Å². The second kappa shape index (κ2) is 6.04. The summed E-state index contributed by atoms with van der Waals surface area (Å²) < 4.78 is 0. The van der Waals surface area contributed by atoms with Crippen molar-refractivity contribution in [2.24, 2.45) is 5.92 Å². The quantitative estimate of drug-likeness (QED) is 0.927. The number of fused-ring (bicyclic) bond motifs is 1. The van der Waals surface area contributed by atoms with E-state index in [0.717, 1.165) is 24.6 Å². The first-order valence-electron chi connectivity index (χ1n) is 8.93. The maximum absolute atomic E-state index is 12.4. The Balaban J connectivity index is 1.32. The fraction of sp³-hybridized carbons (Fsp3) is 0.632. The van der Waals surface area contributed by atoms with Crippen molar-refractivity contribution in [2.75, 3.05) is 19.6 Å². The summed E-state index contributed by atoms with van der Waals surface area (Å²) in [7, 11) is 0. The number of nitrogens with zero attached hydrogens (tertiary/aromatic N) is 1. The number of rotatable bonds is 4. The lowest BCUT2D eigenvalue weighted by Gasteiger charge is -2.17.